The first-order valence-electron chi connectivity index (χ1n) is 10.2. The van der Waals surface area contributed by atoms with Crippen molar-refractivity contribution in [2.45, 2.75) is 18.9 Å². The summed E-state index contributed by atoms with van der Waals surface area (Å²) < 4.78 is 6.04. The summed E-state index contributed by atoms with van der Waals surface area (Å²) in [6.45, 7) is 3.44. The Bertz CT molecular complexity index is 974. The van der Waals surface area contributed by atoms with Crippen LogP contribution in [0.15, 0.2) is 60.7 Å². The summed E-state index contributed by atoms with van der Waals surface area (Å²) in [5, 5.41) is 3.60. The molecule has 5 heteroatoms. The average Bonchev–Trinajstić information content (AvgIpc) is 2.79. The number of para-hydroxylation sites is 1. The van der Waals surface area contributed by atoms with E-state index in [0.717, 1.165) is 49.1 Å². The maximum absolute atomic E-state index is 12.4. The van der Waals surface area contributed by atoms with Gasteiger partial charge in [0.05, 0.1) is 23.4 Å². The summed E-state index contributed by atoms with van der Waals surface area (Å²) in [5.41, 5.74) is 3.69. The van der Waals surface area contributed by atoms with Crippen molar-refractivity contribution in [3.05, 3.63) is 77.5 Å². The highest BCUT2D eigenvalue weighted by molar-refractivity contribution is 6.06. The third-order valence-electron chi connectivity index (χ3n) is 5.47. The molecule has 2 heterocycles. The lowest BCUT2D eigenvalue weighted by Gasteiger charge is -2.33. The van der Waals surface area contributed by atoms with E-state index in [1.54, 1.807) is 7.05 Å². The van der Waals surface area contributed by atoms with Crippen molar-refractivity contribution < 1.29 is 9.53 Å². The van der Waals surface area contributed by atoms with Crippen LogP contribution in [0.3, 0.4) is 0 Å². The van der Waals surface area contributed by atoms with Gasteiger partial charge in [0.25, 0.3) is 5.91 Å². The fraction of sp³-hybridized carbons (Fsp3) is 0.333. The van der Waals surface area contributed by atoms with E-state index in [1.165, 1.54) is 5.56 Å². The molecule has 1 atom stereocenters. The van der Waals surface area contributed by atoms with E-state index in [4.69, 9.17) is 9.72 Å². The Balaban J connectivity index is 1.47. The summed E-state index contributed by atoms with van der Waals surface area (Å²) in [6, 6.07) is 20.3. The number of morpholine rings is 1. The molecule has 29 heavy (non-hydrogen) atoms. The largest absolute Gasteiger partial charge is 0.369 e. The summed E-state index contributed by atoms with van der Waals surface area (Å²) in [6.07, 6.45) is 2.08. The number of pyridine rings is 1. The Morgan fingerprint density at radius 2 is 1.97 bits per heavy atom. The highest BCUT2D eigenvalue weighted by Crippen LogP contribution is 2.26. The average molecular weight is 389 g/mol. The molecule has 4 rings (SSSR count). The van der Waals surface area contributed by atoms with Gasteiger partial charge in [0, 0.05) is 25.5 Å². The van der Waals surface area contributed by atoms with Crippen LogP contribution in [-0.2, 0) is 11.2 Å². The van der Waals surface area contributed by atoms with Crippen molar-refractivity contribution in [1.82, 2.24) is 15.2 Å². The second-order valence-electron chi connectivity index (χ2n) is 7.44. The molecule has 0 bridgehead atoms. The van der Waals surface area contributed by atoms with Crippen LogP contribution in [0, 0.1) is 0 Å². The number of aryl methyl sites for hydroxylation is 1. The van der Waals surface area contributed by atoms with Crippen LogP contribution >= 0.6 is 0 Å². The van der Waals surface area contributed by atoms with Crippen LogP contribution < -0.4 is 5.32 Å². The van der Waals surface area contributed by atoms with Gasteiger partial charge in [-0.1, -0.05) is 48.5 Å². The molecule has 1 aromatic heterocycles. The third-order valence-corrected chi connectivity index (χ3v) is 5.47. The number of rotatable bonds is 6. The molecule has 1 aliphatic rings. The van der Waals surface area contributed by atoms with Gasteiger partial charge in [-0.2, -0.15) is 0 Å². The highest BCUT2D eigenvalue weighted by atomic mass is 16.5. The quantitative estimate of drug-likeness (QED) is 0.700. The molecule has 1 saturated heterocycles. The van der Waals surface area contributed by atoms with Gasteiger partial charge in [0.1, 0.15) is 6.10 Å². The molecule has 0 spiro atoms. The molecule has 1 amide bonds. The van der Waals surface area contributed by atoms with E-state index >= 15 is 0 Å². The minimum absolute atomic E-state index is 0.0969. The van der Waals surface area contributed by atoms with Crippen LogP contribution in [0.1, 0.15) is 34.1 Å². The summed E-state index contributed by atoms with van der Waals surface area (Å²) in [5.74, 6) is -0.0969. The van der Waals surface area contributed by atoms with Gasteiger partial charge >= 0.3 is 0 Å². The number of benzene rings is 2. The van der Waals surface area contributed by atoms with Gasteiger partial charge in [-0.05, 0) is 37.1 Å². The first kappa shape index (κ1) is 19.6. The zero-order chi connectivity index (χ0) is 20.1. The van der Waals surface area contributed by atoms with Gasteiger partial charge < -0.3 is 10.1 Å². The van der Waals surface area contributed by atoms with Crippen LogP contribution in [0.4, 0.5) is 0 Å². The predicted molar refractivity (Wildman–Crippen MR) is 115 cm³/mol. The third kappa shape index (κ3) is 4.63. The van der Waals surface area contributed by atoms with Crippen LogP contribution in [0.25, 0.3) is 10.9 Å². The summed E-state index contributed by atoms with van der Waals surface area (Å²) in [4.78, 5) is 19.7. The van der Waals surface area contributed by atoms with Crippen molar-refractivity contribution in [3.8, 4) is 0 Å². The van der Waals surface area contributed by atoms with E-state index in [1.807, 2.05) is 30.3 Å². The van der Waals surface area contributed by atoms with Gasteiger partial charge in [0.15, 0.2) is 0 Å². The maximum atomic E-state index is 12.4. The second kappa shape index (κ2) is 9.16. The van der Waals surface area contributed by atoms with E-state index in [-0.39, 0.29) is 12.0 Å². The molecule has 1 N–H and O–H groups in total. The van der Waals surface area contributed by atoms with Crippen molar-refractivity contribution in [3.63, 3.8) is 0 Å². The van der Waals surface area contributed by atoms with E-state index in [0.29, 0.717) is 12.2 Å². The van der Waals surface area contributed by atoms with Crippen LogP contribution in [0.2, 0.25) is 0 Å². The normalized spacial score (nSPS) is 17.3. The molecular formula is C24H27N3O2. The van der Waals surface area contributed by atoms with E-state index in [9.17, 15) is 4.79 Å². The van der Waals surface area contributed by atoms with Crippen LogP contribution in [0.5, 0.6) is 0 Å². The molecule has 0 saturated carbocycles. The molecule has 5 nitrogen and oxygen atoms in total. The number of nitrogens with zero attached hydrogens (tertiary/aromatic N) is 2. The topological polar surface area (TPSA) is 54.5 Å². The Morgan fingerprint density at radius 3 is 2.79 bits per heavy atom. The lowest BCUT2D eigenvalue weighted by atomic mass is 10.0. The number of carbonyl (C=O) groups excluding carboxylic acids is 1. The van der Waals surface area contributed by atoms with E-state index in [2.05, 4.69) is 40.5 Å². The lowest BCUT2D eigenvalue weighted by Crippen LogP contribution is -2.39. The number of nitrogens with one attached hydrogen (secondary N) is 1. The fourth-order valence-electron chi connectivity index (χ4n) is 3.92. The molecule has 0 unspecified atom stereocenters. The standard InChI is InChI=1S/C24H27N3O2/c1-25-24(28)20-16-22(26-21-12-6-5-11-19(20)21)23-17-27(14-15-29-23)13-7-10-18-8-3-2-4-9-18/h2-6,8-9,11-12,16,23H,7,10,13-15,17H2,1H3,(H,25,28)/t23-/m1/s1. The highest BCUT2D eigenvalue weighted by Gasteiger charge is 2.24. The van der Waals surface area contributed by atoms with Gasteiger partial charge in [-0.25, -0.2) is 4.98 Å². The zero-order valence-corrected chi connectivity index (χ0v) is 16.8. The predicted octanol–water partition coefficient (Wildman–Crippen LogP) is 3.60. The smallest absolute Gasteiger partial charge is 0.251 e. The summed E-state index contributed by atoms with van der Waals surface area (Å²) >= 11 is 0. The number of amides is 1. The minimum Gasteiger partial charge on any atom is -0.369 e. The van der Waals surface area contributed by atoms with Gasteiger partial charge in [-0.15, -0.1) is 0 Å². The monoisotopic (exact) mass is 389 g/mol. The molecule has 1 aliphatic heterocycles. The molecule has 2 aromatic carbocycles. The SMILES string of the molecule is CNC(=O)c1cc([C@H]2CN(CCCc3ccccc3)CCO2)nc2ccccc12. The van der Waals surface area contributed by atoms with Crippen molar-refractivity contribution in [2.24, 2.45) is 0 Å². The Morgan fingerprint density at radius 1 is 1.17 bits per heavy atom. The van der Waals surface area contributed by atoms with Crippen molar-refractivity contribution in [1.29, 1.82) is 0 Å². The number of hydrogen-bond acceptors (Lipinski definition) is 4. The first-order valence-corrected chi connectivity index (χ1v) is 10.2. The Kier molecular flexibility index (Phi) is 6.17. The molecule has 150 valence electrons. The first-order chi connectivity index (χ1) is 14.2. The van der Waals surface area contributed by atoms with Crippen molar-refractivity contribution >= 4 is 16.8 Å². The molecule has 0 aliphatic carbocycles. The van der Waals surface area contributed by atoms with E-state index < -0.39 is 0 Å². The number of hydrogen-bond donors (Lipinski definition) is 1. The van der Waals surface area contributed by atoms with Crippen LogP contribution in [-0.4, -0.2) is 49.1 Å². The number of carbonyl (C=O) groups is 1. The fourth-order valence-corrected chi connectivity index (χ4v) is 3.92. The Labute approximate surface area is 171 Å². The number of fused-ring (bicyclic) bond motifs is 1. The number of aromatic nitrogens is 1. The minimum atomic E-state index is -0.117. The second-order valence-corrected chi connectivity index (χ2v) is 7.44. The number of ether oxygens (including phenoxy) is 1. The lowest BCUT2D eigenvalue weighted by molar-refractivity contribution is -0.0321. The van der Waals surface area contributed by atoms with Crippen molar-refractivity contribution in [2.75, 3.05) is 33.3 Å². The molecular weight excluding hydrogens is 362 g/mol. The molecule has 0 radical (unpaired) electrons. The van der Waals surface area contributed by atoms with Gasteiger partial charge in [-0.3, -0.25) is 9.69 Å². The zero-order valence-electron chi connectivity index (χ0n) is 16.8. The molecule has 1 fully saturated rings. The molecule has 3 aromatic rings. The maximum Gasteiger partial charge on any atom is 0.251 e. The van der Waals surface area contributed by atoms with Gasteiger partial charge in [0.2, 0.25) is 0 Å². The summed E-state index contributed by atoms with van der Waals surface area (Å²) in [7, 11) is 1.66. The Hall–Kier alpha value is -2.76.